The summed E-state index contributed by atoms with van der Waals surface area (Å²) in [4.78, 5) is 4.08. The summed E-state index contributed by atoms with van der Waals surface area (Å²) in [7, 11) is 0. The van der Waals surface area contributed by atoms with Crippen molar-refractivity contribution in [1.29, 1.82) is 5.26 Å². The Bertz CT molecular complexity index is 585. The lowest BCUT2D eigenvalue weighted by Gasteiger charge is -2.09. The Kier molecular flexibility index (Phi) is 3.44. The van der Waals surface area contributed by atoms with Crippen LogP contribution in [0.1, 0.15) is 16.8 Å². The first-order chi connectivity index (χ1) is 8.70. The van der Waals surface area contributed by atoms with Crippen molar-refractivity contribution in [2.45, 2.75) is 13.5 Å². The third-order valence-electron chi connectivity index (χ3n) is 2.65. The summed E-state index contributed by atoms with van der Waals surface area (Å²) in [5, 5.41) is 21.4. The molecule has 0 aliphatic heterocycles. The van der Waals surface area contributed by atoms with Gasteiger partial charge in [0.25, 0.3) is 0 Å². The maximum absolute atomic E-state index is 9.13. The first kappa shape index (κ1) is 11.9. The number of hydrogen-bond acceptors (Lipinski definition) is 4. The van der Waals surface area contributed by atoms with Gasteiger partial charge in [0.15, 0.2) is 0 Å². The molecule has 4 heteroatoms. The summed E-state index contributed by atoms with van der Waals surface area (Å²) in [6, 6.07) is 11.2. The third kappa shape index (κ3) is 2.58. The highest BCUT2D eigenvalue weighted by molar-refractivity contribution is 5.60. The van der Waals surface area contributed by atoms with Crippen LogP contribution in [0.3, 0.4) is 0 Å². The van der Waals surface area contributed by atoms with Gasteiger partial charge in [0.05, 0.1) is 29.7 Å². The Hall–Kier alpha value is -2.54. The van der Waals surface area contributed by atoms with Crippen molar-refractivity contribution in [2.24, 2.45) is 0 Å². The molecule has 18 heavy (non-hydrogen) atoms. The minimum Gasteiger partial charge on any atom is -0.506 e. The zero-order valence-corrected chi connectivity index (χ0v) is 10.0. The maximum atomic E-state index is 9.13. The van der Waals surface area contributed by atoms with E-state index in [1.807, 2.05) is 25.1 Å². The van der Waals surface area contributed by atoms with E-state index in [1.54, 1.807) is 12.1 Å². The number of nitriles is 1. The Balaban J connectivity index is 2.14. The molecule has 2 rings (SSSR count). The molecule has 0 aliphatic rings. The van der Waals surface area contributed by atoms with Gasteiger partial charge in [0.1, 0.15) is 11.8 Å². The molecule has 0 amide bonds. The molecule has 0 bridgehead atoms. The summed E-state index contributed by atoms with van der Waals surface area (Å²) in [5.41, 5.74) is 3.20. The van der Waals surface area contributed by atoms with E-state index in [1.165, 1.54) is 6.20 Å². The molecule has 2 aromatic rings. The Morgan fingerprint density at radius 2 is 2.17 bits per heavy atom. The highest BCUT2D eigenvalue weighted by Crippen LogP contribution is 2.19. The summed E-state index contributed by atoms with van der Waals surface area (Å²) in [6.45, 7) is 2.42. The van der Waals surface area contributed by atoms with Crippen LogP contribution in [0.15, 0.2) is 36.5 Å². The standard InChI is InChI=1S/C14H13N3O/c1-10-3-2-4-14(13(10)7-15)17-8-11-5-6-12(18)9-16-11/h2-6,9,17-18H,8H2,1H3. The van der Waals surface area contributed by atoms with Crippen LogP contribution in [0.25, 0.3) is 0 Å². The van der Waals surface area contributed by atoms with Crippen LogP contribution in [0, 0.1) is 18.3 Å². The molecule has 0 saturated heterocycles. The van der Waals surface area contributed by atoms with Crippen molar-refractivity contribution in [1.82, 2.24) is 4.98 Å². The quantitative estimate of drug-likeness (QED) is 0.863. The van der Waals surface area contributed by atoms with Crippen LogP contribution in [0.2, 0.25) is 0 Å². The molecule has 0 spiro atoms. The second-order valence-electron chi connectivity index (χ2n) is 3.97. The molecule has 0 saturated carbocycles. The summed E-state index contributed by atoms with van der Waals surface area (Å²) >= 11 is 0. The number of aromatic nitrogens is 1. The van der Waals surface area contributed by atoms with Crippen LogP contribution in [0.4, 0.5) is 5.69 Å². The largest absolute Gasteiger partial charge is 0.506 e. The van der Waals surface area contributed by atoms with Gasteiger partial charge in [0.2, 0.25) is 0 Å². The van der Waals surface area contributed by atoms with Gasteiger partial charge in [-0.1, -0.05) is 12.1 Å². The number of aryl methyl sites for hydroxylation is 1. The minimum absolute atomic E-state index is 0.145. The van der Waals surface area contributed by atoms with Gasteiger partial charge >= 0.3 is 0 Å². The number of anilines is 1. The molecule has 1 aromatic carbocycles. The Morgan fingerprint density at radius 1 is 1.33 bits per heavy atom. The fourth-order valence-electron chi connectivity index (χ4n) is 1.67. The van der Waals surface area contributed by atoms with Crippen molar-refractivity contribution in [3.05, 3.63) is 53.3 Å². The van der Waals surface area contributed by atoms with Crippen LogP contribution < -0.4 is 5.32 Å². The van der Waals surface area contributed by atoms with Crippen molar-refractivity contribution in [2.75, 3.05) is 5.32 Å². The molecule has 2 N–H and O–H groups in total. The number of nitrogens with one attached hydrogen (secondary N) is 1. The molecule has 1 heterocycles. The predicted molar refractivity (Wildman–Crippen MR) is 69.1 cm³/mol. The summed E-state index contributed by atoms with van der Waals surface area (Å²) in [5.74, 6) is 0.145. The SMILES string of the molecule is Cc1cccc(NCc2ccc(O)cn2)c1C#N. The first-order valence-electron chi connectivity index (χ1n) is 5.58. The van der Waals surface area contributed by atoms with Gasteiger partial charge < -0.3 is 10.4 Å². The molecule has 4 nitrogen and oxygen atoms in total. The third-order valence-corrected chi connectivity index (χ3v) is 2.65. The van der Waals surface area contributed by atoms with E-state index in [2.05, 4.69) is 16.4 Å². The van der Waals surface area contributed by atoms with Crippen molar-refractivity contribution >= 4 is 5.69 Å². The lowest BCUT2D eigenvalue weighted by atomic mass is 10.1. The van der Waals surface area contributed by atoms with Crippen LogP contribution in [-0.2, 0) is 6.54 Å². The molecular formula is C14H13N3O. The van der Waals surface area contributed by atoms with Crippen molar-refractivity contribution < 1.29 is 5.11 Å². The number of hydrogen-bond donors (Lipinski definition) is 2. The zero-order valence-electron chi connectivity index (χ0n) is 10.0. The Morgan fingerprint density at radius 3 is 2.83 bits per heavy atom. The first-order valence-corrected chi connectivity index (χ1v) is 5.58. The summed E-state index contributed by atoms with van der Waals surface area (Å²) in [6.07, 6.45) is 1.40. The van der Waals surface area contributed by atoms with Crippen molar-refractivity contribution in [3.63, 3.8) is 0 Å². The van der Waals surface area contributed by atoms with E-state index < -0.39 is 0 Å². The molecule has 1 aromatic heterocycles. The highest BCUT2D eigenvalue weighted by atomic mass is 16.3. The molecular weight excluding hydrogens is 226 g/mol. The highest BCUT2D eigenvalue weighted by Gasteiger charge is 2.04. The topological polar surface area (TPSA) is 68.9 Å². The zero-order chi connectivity index (χ0) is 13.0. The molecule has 0 unspecified atom stereocenters. The van der Waals surface area contributed by atoms with Gasteiger partial charge in [0, 0.05) is 0 Å². The van der Waals surface area contributed by atoms with Crippen molar-refractivity contribution in [3.8, 4) is 11.8 Å². The van der Waals surface area contributed by atoms with Gasteiger partial charge in [-0.25, -0.2) is 0 Å². The lowest BCUT2D eigenvalue weighted by molar-refractivity contribution is 0.472. The van der Waals surface area contributed by atoms with E-state index in [0.717, 1.165) is 16.9 Å². The van der Waals surface area contributed by atoms with E-state index in [0.29, 0.717) is 12.1 Å². The predicted octanol–water partition coefficient (Wildman–Crippen LogP) is 2.58. The maximum Gasteiger partial charge on any atom is 0.133 e. The number of rotatable bonds is 3. The molecule has 90 valence electrons. The number of pyridine rings is 1. The molecule has 0 fully saturated rings. The van der Waals surface area contributed by atoms with E-state index in [4.69, 9.17) is 10.4 Å². The average molecular weight is 239 g/mol. The number of nitrogens with zero attached hydrogens (tertiary/aromatic N) is 2. The van der Waals surface area contributed by atoms with Gasteiger partial charge in [-0.15, -0.1) is 0 Å². The number of aromatic hydroxyl groups is 1. The smallest absolute Gasteiger partial charge is 0.133 e. The van der Waals surface area contributed by atoms with E-state index in [9.17, 15) is 0 Å². The molecule has 0 atom stereocenters. The molecule has 0 aliphatic carbocycles. The fourth-order valence-corrected chi connectivity index (χ4v) is 1.67. The van der Waals surface area contributed by atoms with Crippen LogP contribution >= 0.6 is 0 Å². The van der Waals surface area contributed by atoms with E-state index in [-0.39, 0.29) is 5.75 Å². The second kappa shape index (κ2) is 5.19. The average Bonchev–Trinajstić information content (AvgIpc) is 2.38. The minimum atomic E-state index is 0.145. The van der Waals surface area contributed by atoms with Gasteiger partial charge in [-0.05, 0) is 30.7 Å². The van der Waals surface area contributed by atoms with E-state index >= 15 is 0 Å². The fraction of sp³-hybridized carbons (Fsp3) is 0.143. The normalized spacial score (nSPS) is 9.78. The van der Waals surface area contributed by atoms with Gasteiger partial charge in [-0.2, -0.15) is 5.26 Å². The van der Waals surface area contributed by atoms with Crippen LogP contribution in [0.5, 0.6) is 5.75 Å². The van der Waals surface area contributed by atoms with Crippen LogP contribution in [-0.4, -0.2) is 10.1 Å². The van der Waals surface area contributed by atoms with Gasteiger partial charge in [-0.3, -0.25) is 4.98 Å². The Labute approximate surface area is 106 Å². The monoisotopic (exact) mass is 239 g/mol. The second-order valence-corrected chi connectivity index (χ2v) is 3.97. The number of benzene rings is 1. The molecule has 0 radical (unpaired) electrons. The summed E-state index contributed by atoms with van der Waals surface area (Å²) < 4.78 is 0. The lowest BCUT2D eigenvalue weighted by Crippen LogP contribution is -2.03.